The summed E-state index contributed by atoms with van der Waals surface area (Å²) in [7, 11) is -3.07. The molecule has 114 valence electrons. The first-order valence-electron chi connectivity index (χ1n) is 6.60. The molecule has 1 atom stereocenters. The van der Waals surface area contributed by atoms with Crippen molar-refractivity contribution in [3.8, 4) is 0 Å². The summed E-state index contributed by atoms with van der Waals surface area (Å²) in [6.07, 6.45) is 0.409. The van der Waals surface area contributed by atoms with Crippen molar-refractivity contribution in [3.63, 3.8) is 0 Å². The smallest absolute Gasteiger partial charge is 0.319 e. The minimum absolute atomic E-state index is 0.0449. The quantitative estimate of drug-likeness (QED) is 0.829. The first-order chi connectivity index (χ1) is 9.69. The first kappa shape index (κ1) is 15.5. The van der Waals surface area contributed by atoms with Crippen LogP contribution in [-0.2, 0) is 9.84 Å². The molecule has 0 aromatic heterocycles. The van der Waals surface area contributed by atoms with Gasteiger partial charge in [-0.3, -0.25) is 4.79 Å². The van der Waals surface area contributed by atoms with Crippen LogP contribution >= 0.6 is 0 Å². The highest BCUT2D eigenvalue weighted by atomic mass is 32.2. The Bertz CT molecular complexity index is 667. The third kappa shape index (κ3) is 4.04. The van der Waals surface area contributed by atoms with Crippen LogP contribution in [0.15, 0.2) is 24.3 Å². The Hall–Kier alpha value is -1.89. The van der Waals surface area contributed by atoms with Gasteiger partial charge in [0, 0.05) is 11.3 Å². The number of carbonyl (C=O) groups is 2. The predicted octanol–water partition coefficient (Wildman–Crippen LogP) is 1.59. The van der Waals surface area contributed by atoms with Crippen LogP contribution in [0.3, 0.4) is 0 Å². The highest BCUT2D eigenvalue weighted by molar-refractivity contribution is 7.91. The Kier molecular flexibility index (Phi) is 4.04. The number of carbonyl (C=O) groups excluding carboxylic acids is 2. The zero-order valence-corrected chi connectivity index (χ0v) is 12.8. The molecule has 0 saturated carbocycles. The molecule has 2 rings (SSSR count). The standard InChI is InChI=1S/C14H18N2O4S/c1-10(17)11-3-5-12(6-4-11)15-13(18)16-14(2)7-8-21(19,20)9-14/h3-6H,7-9H2,1-2H3,(H2,15,16,18). The van der Waals surface area contributed by atoms with Crippen molar-refractivity contribution in [1.82, 2.24) is 5.32 Å². The molecule has 0 bridgehead atoms. The molecular weight excluding hydrogens is 292 g/mol. The molecule has 7 heteroatoms. The summed E-state index contributed by atoms with van der Waals surface area (Å²) in [4.78, 5) is 23.1. The zero-order valence-electron chi connectivity index (χ0n) is 12.0. The third-order valence-electron chi connectivity index (χ3n) is 3.47. The van der Waals surface area contributed by atoms with E-state index in [1.165, 1.54) is 6.92 Å². The van der Waals surface area contributed by atoms with Crippen LogP contribution in [-0.4, -0.2) is 37.3 Å². The van der Waals surface area contributed by atoms with Gasteiger partial charge in [-0.1, -0.05) is 0 Å². The molecule has 1 aromatic carbocycles. The molecule has 1 heterocycles. The van der Waals surface area contributed by atoms with E-state index in [9.17, 15) is 18.0 Å². The number of hydrogen-bond acceptors (Lipinski definition) is 4. The molecule has 2 N–H and O–H groups in total. The molecule has 1 unspecified atom stereocenters. The van der Waals surface area contributed by atoms with Gasteiger partial charge in [-0.05, 0) is 44.5 Å². The summed E-state index contributed by atoms with van der Waals surface area (Å²) >= 11 is 0. The van der Waals surface area contributed by atoms with E-state index < -0.39 is 21.4 Å². The summed E-state index contributed by atoms with van der Waals surface area (Å²) < 4.78 is 23.0. The van der Waals surface area contributed by atoms with Gasteiger partial charge < -0.3 is 10.6 Å². The summed E-state index contributed by atoms with van der Waals surface area (Å²) in [6.45, 7) is 3.19. The van der Waals surface area contributed by atoms with Gasteiger partial charge in [0.15, 0.2) is 15.6 Å². The van der Waals surface area contributed by atoms with E-state index in [2.05, 4.69) is 10.6 Å². The third-order valence-corrected chi connectivity index (χ3v) is 5.37. The number of sulfone groups is 1. The Morgan fingerprint density at radius 2 is 1.81 bits per heavy atom. The number of benzene rings is 1. The maximum atomic E-state index is 11.9. The van der Waals surface area contributed by atoms with Crippen molar-refractivity contribution in [2.24, 2.45) is 0 Å². The van der Waals surface area contributed by atoms with Crippen LogP contribution in [0.2, 0.25) is 0 Å². The van der Waals surface area contributed by atoms with Gasteiger partial charge in [0.1, 0.15) is 0 Å². The number of amides is 2. The number of nitrogens with one attached hydrogen (secondary N) is 2. The van der Waals surface area contributed by atoms with E-state index in [0.29, 0.717) is 17.7 Å². The molecule has 1 saturated heterocycles. The van der Waals surface area contributed by atoms with E-state index >= 15 is 0 Å². The van der Waals surface area contributed by atoms with Crippen molar-refractivity contribution in [3.05, 3.63) is 29.8 Å². The Morgan fingerprint density at radius 1 is 1.19 bits per heavy atom. The van der Waals surface area contributed by atoms with E-state index in [-0.39, 0.29) is 17.3 Å². The number of rotatable bonds is 3. The normalized spacial score (nSPS) is 23.5. The van der Waals surface area contributed by atoms with Gasteiger partial charge in [0.2, 0.25) is 0 Å². The lowest BCUT2D eigenvalue weighted by Crippen LogP contribution is -2.48. The summed E-state index contributed by atoms with van der Waals surface area (Å²) in [6, 6.07) is 6.05. The second-order valence-corrected chi connectivity index (χ2v) is 7.80. The first-order valence-corrected chi connectivity index (χ1v) is 8.42. The van der Waals surface area contributed by atoms with Crippen LogP contribution < -0.4 is 10.6 Å². The number of anilines is 1. The minimum atomic E-state index is -3.07. The fraction of sp³-hybridized carbons (Fsp3) is 0.429. The molecule has 1 aliphatic heterocycles. The Labute approximate surface area is 123 Å². The van der Waals surface area contributed by atoms with Crippen molar-refractivity contribution >= 4 is 27.3 Å². The van der Waals surface area contributed by atoms with Crippen LogP contribution in [0.5, 0.6) is 0 Å². The van der Waals surface area contributed by atoms with Gasteiger partial charge in [-0.25, -0.2) is 13.2 Å². The molecule has 0 aliphatic carbocycles. The highest BCUT2D eigenvalue weighted by Gasteiger charge is 2.39. The molecule has 1 aromatic rings. The molecule has 6 nitrogen and oxygen atoms in total. The Balaban J connectivity index is 1.97. The summed E-state index contributed by atoms with van der Waals surface area (Å²) in [5.74, 6) is 0.00279. The van der Waals surface area contributed by atoms with E-state index in [0.717, 1.165) is 0 Å². The fourth-order valence-electron chi connectivity index (χ4n) is 2.33. The van der Waals surface area contributed by atoms with Crippen LogP contribution in [0, 0.1) is 0 Å². The van der Waals surface area contributed by atoms with Crippen molar-refractivity contribution in [1.29, 1.82) is 0 Å². The fourth-order valence-corrected chi connectivity index (χ4v) is 4.43. The minimum Gasteiger partial charge on any atom is -0.332 e. The van der Waals surface area contributed by atoms with Gasteiger partial charge in [0.05, 0.1) is 17.0 Å². The monoisotopic (exact) mass is 310 g/mol. The summed E-state index contributed by atoms with van der Waals surface area (Å²) in [5.41, 5.74) is 0.374. The molecule has 0 spiro atoms. The second kappa shape index (κ2) is 5.48. The van der Waals surface area contributed by atoms with Gasteiger partial charge in [-0.2, -0.15) is 0 Å². The molecule has 0 radical (unpaired) electrons. The lowest BCUT2D eigenvalue weighted by atomic mass is 10.0. The maximum Gasteiger partial charge on any atom is 0.319 e. The molecule has 21 heavy (non-hydrogen) atoms. The lowest BCUT2D eigenvalue weighted by molar-refractivity contribution is 0.101. The Morgan fingerprint density at radius 3 is 2.29 bits per heavy atom. The van der Waals surface area contributed by atoms with Crippen molar-refractivity contribution < 1.29 is 18.0 Å². The van der Waals surface area contributed by atoms with Crippen LogP contribution in [0.1, 0.15) is 30.6 Å². The van der Waals surface area contributed by atoms with Gasteiger partial charge >= 0.3 is 6.03 Å². The van der Waals surface area contributed by atoms with E-state index in [1.807, 2.05) is 0 Å². The van der Waals surface area contributed by atoms with Crippen molar-refractivity contribution in [2.75, 3.05) is 16.8 Å². The van der Waals surface area contributed by atoms with Gasteiger partial charge in [0.25, 0.3) is 0 Å². The lowest BCUT2D eigenvalue weighted by Gasteiger charge is -2.24. The number of hydrogen-bond donors (Lipinski definition) is 2. The maximum absolute atomic E-state index is 11.9. The van der Waals surface area contributed by atoms with Gasteiger partial charge in [-0.15, -0.1) is 0 Å². The zero-order chi connectivity index (χ0) is 15.7. The topological polar surface area (TPSA) is 92.3 Å². The van der Waals surface area contributed by atoms with E-state index in [4.69, 9.17) is 0 Å². The van der Waals surface area contributed by atoms with E-state index in [1.54, 1.807) is 31.2 Å². The number of urea groups is 1. The molecule has 1 aliphatic rings. The van der Waals surface area contributed by atoms with Crippen LogP contribution in [0.4, 0.5) is 10.5 Å². The molecular formula is C14H18N2O4S. The molecule has 1 fully saturated rings. The number of Topliss-reactive ketones (excluding diaryl/α,β-unsaturated/α-hetero) is 1. The average Bonchev–Trinajstić information content (AvgIpc) is 2.63. The van der Waals surface area contributed by atoms with Crippen molar-refractivity contribution in [2.45, 2.75) is 25.8 Å². The largest absolute Gasteiger partial charge is 0.332 e. The second-order valence-electron chi connectivity index (χ2n) is 5.62. The number of ketones is 1. The highest BCUT2D eigenvalue weighted by Crippen LogP contribution is 2.23. The predicted molar refractivity (Wildman–Crippen MR) is 80.3 cm³/mol. The molecule has 2 amide bonds. The SMILES string of the molecule is CC(=O)c1ccc(NC(=O)NC2(C)CCS(=O)(=O)C2)cc1. The average molecular weight is 310 g/mol. The summed E-state index contributed by atoms with van der Waals surface area (Å²) in [5, 5.41) is 5.33. The van der Waals surface area contributed by atoms with Crippen LogP contribution in [0.25, 0.3) is 0 Å².